The van der Waals surface area contributed by atoms with Crippen LogP contribution in [-0.4, -0.2) is 22.7 Å². The SMILES string of the molecule is C[C@@H](CNC(=O)c1ccc(O)c(O)c1)c1cccs1. The average molecular weight is 277 g/mol. The molecule has 0 saturated heterocycles. The molecule has 5 heteroatoms. The van der Waals surface area contributed by atoms with E-state index in [1.165, 1.54) is 23.1 Å². The molecule has 0 aliphatic rings. The van der Waals surface area contributed by atoms with E-state index in [1.807, 2.05) is 24.4 Å². The Morgan fingerprint density at radius 3 is 2.74 bits per heavy atom. The number of amides is 1. The van der Waals surface area contributed by atoms with Gasteiger partial charge in [-0.1, -0.05) is 13.0 Å². The molecule has 1 aromatic carbocycles. The quantitative estimate of drug-likeness (QED) is 0.753. The Hall–Kier alpha value is -2.01. The van der Waals surface area contributed by atoms with Crippen molar-refractivity contribution in [2.24, 2.45) is 0 Å². The van der Waals surface area contributed by atoms with Crippen molar-refractivity contribution in [2.75, 3.05) is 6.54 Å². The number of rotatable bonds is 4. The maximum Gasteiger partial charge on any atom is 0.251 e. The highest BCUT2D eigenvalue weighted by molar-refractivity contribution is 7.10. The number of hydrogen-bond donors (Lipinski definition) is 3. The molecule has 0 aliphatic heterocycles. The molecular formula is C14H15NO3S. The number of phenols is 2. The summed E-state index contributed by atoms with van der Waals surface area (Å²) in [5.74, 6) is -0.546. The van der Waals surface area contributed by atoms with Crippen LogP contribution in [-0.2, 0) is 0 Å². The van der Waals surface area contributed by atoms with E-state index in [1.54, 1.807) is 11.3 Å². The summed E-state index contributed by atoms with van der Waals surface area (Å²) in [5, 5.41) is 23.4. The number of benzene rings is 1. The van der Waals surface area contributed by atoms with Crippen molar-refractivity contribution in [1.29, 1.82) is 0 Å². The summed E-state index contributed by atoms with van der Waals surface area (Å²) < 4.78 is 0. The molecule has 2 aromatic rings. The van der Waals surface area contributed by atoms with Crippen LogP contribution in [0.2, 0.25) is 0 Å². The first-order valence-corrected chi connectivity index (χ1v) is 6.79. The minimum atomic E-state index is -0.293. The van der Waals surface area contributed by atoms with Gasteiger partial charge in [-0.15, -0.1) is 11.3 Å². The van der Waals surface area contributed by atoms with Gasteiger partial charge >= 0.3 is 0 Å². The molecule has 2 rings (SSSR count). The number of aromatic hydroxyl groups is 2. The van der Waals surface area contributed by atoms with Crippen molar-refractivity contribution in [2.45, 2.75) is 12.8 Å². The summed E-state index contributed by atoms with van der Waals surface area (Å²) in [5.41, 5.74) is 0.327. The van der Waals surface area contributed by atoms with Gasteiger partial charge in [0.1, 0.15) is 0 Å². The lowest BCUT2D eigenvalue weighted by molar-refractivity contribution is 0.0951. The van der Waals surface area contributed by atoms with Crippen LogP contribution < -0.4 is 5.32 Å². The smallest absolute Gasteiger partial charge is 0.251 e. The van der Waals surface area contributed by atoms with Crippen molar-refractivity contribution in [1.82, 2.24) is 5.32 Å². The normalized spacial score (nSPS) is 12.1. The molecule has 0 radical (unpaired) electrons. The second kappa shape index (κ2) is 5.75. The Morgan fingerprint density at radius 2 is 2.11 bits per heavy atom. The van der Waals surface area contributed by atoms with Crippen LogP contribution in [0.1, 0.15) is 28.1 Å². The Kier molecular flexibility index (Phi) is 4.06. The summed E-state index contributed by atoms with van der Waals surface area (Å²) in [4.78, 5) is 13.1. The predicted molar refractivity (Wildman–Crippen MR) is 74.8 cm³/mol. The Morgan fingerprint density at radius 1 is 1.32 bits per heavy atom. The Balaban J connectivity index is 1.96. The molecule has 1 amide bonds. The van der Waals surface area contributed by atoms with Gasteiger partial charge < -0.3 is 15.5 Å². The molecule has 0 spiro atoms. The highest BCUT2D eigenvalue weighted by atomic mass is 32.1. The molecular weight excluding hydrogens is 262 g/mol. The van der Waals surface area contributed by atoms with E-state index in [0.29, 0.717) is 12.1 Å². The molecule has 1 heterocycles. The fraction of sp³-hybridized carbons (Fsp3) is 0.214. The van der Waals surface area contributed by atoms with Gasteiger partial charge in [0.2, 0.25) is 0 Å². The zero-order valence-electron chi connectivity index (χ0n) is 10.5. The summed E-state index contributed by atoms with van der Waals surface area (Å²) in [6.45, 7) is 2.57. The van der Waals surface area contributed by atoms with Gasteiger partial charge in [-0.3, -0.25) is 4.79 Å². The van der Waals surface area contributed by atoms with Gasteiger partial charge in [0.05, 0.1) is 0 Å². The third kappa shape index (κ3) is 3.26. The summed E-state index contributed by atoms with van der Waals surface area (Å²) in [6.07, 6.45) is 0. The molecule has 0 saturated carbocycles. The molecule has 1 atom stereocenters. The van der Waals surface area contributed by atoms with Crippen LogP contribution in [0.5, 0.6) is 11.5 Å². The molecule has 19 heavy (non-hydrogen) atoms. The fourth-order valence-electron chi connectivity index (χ4n) is 1.68. The zero-order valence-corrected chi connectivity index (χ0v) is 11.3. The molecule has 0 bridgehead atoms. The van der Waals surface area contributed by atoms with Crippen molar-refractivity contribution in [3.05, 3.63) is 46.2 Å². The molecule has 0 unspecified atom stereocenters. The lowest BCUT2D eigenvalue weighted by Crippen LogP contribution is -2.27. The van der Waals surface area contributed by atoms with E-state index in [-0.39, 0.29) is 23.3 Å². The highest BCUT2D eigenvalue weighted by Gasteiger charge is 2.11. The minimum Gasteiger partial charge on any atom is -0.504 e. The van der Waals surface area contributed by atoms with Gasteiger partial charge in [0.25, 0.3) is 5.91 Å². The van der Waals surface area contributed by atoms with Crippen LogP contribution >= 0.6 is 11.3 Å². The minimum absolute atomic E-state index is 0.233. The Bertz CT molecular complexity index is 566. The van der Waals surface area contributed by atoms with E-state index in [2.05, 4.69) is 5.32 Å². The topological polar surface area (TPSA) is 69.6 Å². The first-order chi connectivity index (χ1) is 9.08. The number of nitrogens with one attached hydrogen (secondary N) is 1. The van der Waals surface area contributed by atoms with E-state index in [9.17, 15) is 15.0 Å². The van der Waals surface area contributed by atoms with Crippen molar-refractivity contribution >= 4 is 17.2 Å². The van der Waals surface area contributed by atoms with E-state index < -0.39 is 0 Å². The number of carbonyl (C=O) groups is 1. The second-order valence-corrected chi connectivity index (χ2v) is 5.31. The van der Waals surface area contributed by atoms with Crippen molar-refractivity contribution in [3.8, 4) is 11.5 Å². The van der Waals surface area contributed by atoms with Crippen LogP contribution in [0.25, 0.3) is 0 Å². The molecule has 1 aromatic heterocycles. The van der Waals surface area contributed by atoms with Gasteiger partial charge in [-0.2, -0.15) is 0 Å². The van der Waals surface area contributed by atoms with Crippen LogP contribution in [0.4, 0.5) is 0 Å². The monoisotopic (exact) mass is 277 g/mol. The molecule has 0 aliphatic carbocycles. The summed E-state index contributed by atoms with van der Waals surface area (Å²) in [6, 6.07) is 8.04. The average Bonchev–Trinajstić information content (AvgIpc) is 2.92. The van der Waals surface area contributed by atoms with Gasteiger partial charge in [-0.05, 0) is 29.6 Å². The number of phenolic OH excluding ortho intramolecular Hbond substituents is 2. The van der Waals surface area contributed by atoms with E-state index in [0.717, 1.165) is 0 Å². The Labute approximate surface area is 115 Å². The maximum absolute atomic E-state index is 11.9. The van der Waals surface area contributed by atoms with Crippen LogP contribution in [0, 0.1) is 0 Å². The molecule has 3 N–H and O–H groups in total. The standard InChI is InChI=1S/C14H15NO3S/c1-9(13-3-2-6-19-13)8-15-14(18)10-4-5-11(16)12(17)7-10/h2-7,9,16-17H,8H2,1H3,(H,15,18)/t9-/m0/s1. The number of hydrogen-bond acceptors (Lipinski definition) is 4. The second-order valence-electron chi connectivity index (χ2n) is 4.33. The van der Waals surface area contributed by atoms with Crippen LogP contribution in [0.3, 0.4) is 0 Å². The maximum atomic E-state index is 11.9. The molecule has 4 nitrogen and oxygen atoms in total. The van der Waals surface area contributed by atoms with Gasteiger partial charge in [0.15, 0.2) is 11.5 Å². The molecule has 0 fully saturated rings. The number of carbonyl (C=O) groups excluding carboxylic acids is 1. The largest absolute Gasteiger partial charge is 0.504 e. The number of thiophene rings is 1. The zero-order chi connectivity index (χ0) is 13.8. The predicted octanol–water partition coefficient (Wildman–Crippen LogP) is 2.69. The van der Waals surface area contributed by atoms with Crippen LogP contribution in [0.15, 0.2) is 35.7 Å². The molecule has 100 valence electrons. The summed E-state index contributed by atoms with van der Waals surface area (Å²) in [7, 11) is 0. The fourth-order valence-corrected chi connectivity index (χ4v) is 2.47. The lowest BCUT2D eigenvalue weighted by Gasteiger charge is -2.11. The lowest BCUT2D eigenvalue weighted by atomic mass is 10.1. The van der Waals surface area contributed by atoms with Gasteiger partial charge in [-0.25, -0.2) is 0 Å². The first-order valence-electron chi connectivity index (χ1n) is 5.91. The van der Waals surface area contributed by atoms with Crippen molar-refractivity contribution in [3.63, 3.8) is 0 Å². The third-order valence-electron chi connectivity index (χ3n) is 2.84. The third-order valence-corrected chi connectivity index (χ3v) is 3.94. The van der Waals surface area contributed by atoms with Crippen molar-refractivity contribution < 1.29 is 15.0 Å². The van der Waals surface area contributed by atoms with Gasteiger partial charge in [0, 0.05) is 22.9 Å². The van der Waals surface area contributed by atoms with E-state index in [4.69, 9.17) is 0 Å². The summed E-state index contributed by atoms with van der Waals surface area (Å²) >= 11 is 1.66. The first kappa shape index (κ1) is 13.4. The van der Waals surface area contributed by atoms with E-state index >= 15 is 0 Å². The highest BCUT2D eigenvalue weighted by Crippen LogP contribution is 2.25.